The molecule has 1 heterocycles. The predicted molar refractivity (Wildman–Crippen MR) is 110 cm³/mol. The Morgan fingerprint density at radius 3 is 2.44 bits per heavy atom. The topological polar surface area (TPSA) is 57.2 Å². The second kappa shape index (κ2) is 10.3. The average Bonchev–Trinajstić information content (AvgIpc) is 2.66. The average molecular weight is 375 g/mol. The summed E-state index contributed by atoms with van der Waals surface area (Å²) in [6.07, 6.45) is 1.63. The molecule has 0 spiro atoms. The molecule has 2 rings (SSSR count). The van der Waals surface area contributed by atoms with Crippen molar-refractivity contribution in [2.75, 3.05) is 47.4 Å². The van der Waals surface area contributed by atoms with Gasteiger partial charge in [-0.25, -0.2) is 0 Å². The molecule has 0 radical (unpaired) electrons. The van der Waals surface area contributed by atoms with Gasteiger partial charge in [0, 0.05) is 26.7 Å². The first kappa shape index (κ1) is 21.2. The van der Waals surface area contributed by atoms with Gasteiger partial charge in [0.2, 0.25) is 0 Å². The fourth-order valence-electron chi connectivity index (χ4n) is 3.49. The van der Waals surface area contributed by atoms with Crippen LogP contribution < -0.4 is 5.32 Å². The second-order valence-electron chi connectivity index (χ2n) is 7.33. The standard InChI is InChI=1S/C21H34N4O2/c1-6-27-20(26)18-11-13-25(14-12-18)21(22-3)23-15-19(24(4)5)17-9-7-16(2)8-10-17/h7-10,18-19H,6,11-15H2,1-5H3,(H,22,23). The fourth-order valence-corrected chi connectivity index (χ4v) is 3.49. The highest BCUT2D eigenvalue weighted by Gasteiger charge is 2.27. The Hall–Kier alpha value is -2.08. The summed E-state index contributed by atoms with van der Waals surface area (Å²) < 4.78 is 5.16. The van der Waals surface area contributed by atoms with Crippen molar-refractivity contribution >= 4 is 11.9 Å². The summed E-state index contributed by atoms with van der Waals surface area (Å²) >= 11 is 0. The molecule has 0 aliphatic carbocycles. The molecule has 6 heteroatoms. The number of ether oxygens (including phenoxy) is 1. The summed E-state index contributed by atoms with van der Waals surface area (Å²) in [6, 6.07) is 8.95. The third kappa shape index (κ3) is 5.96. The number of guanidine groups is 1. The van der Waals surface area contributed by atoms with Crippen LogP contribution in [0.2, 0.25) is 0 Å². The first-order chi connectivity index (χ1) is 13.0. The molecular formula is C21H34N4O2. The minimum absolute atomic E-state index is 0.0152. The minimum Gasteiger partial charge on any atom is -0.466 e. The van der Waals surface area contributed by atoms with Crippen LogP contribution in [0.1, 0.15) is 36.9 Å². The number of hydrogen-bond donors (Lipinski definition) is 1. The Bertz CT molecular complexity index is 620. The molecule has 1 aromatic carbocycles. The molecule has 1 unspecified atom stereocenters. The largest absolute Gasteiger partial charge is 0.466 e. The van der Waals surface area contributed by atoms with Crippen LogP contribution in [0.25, 0.3) is 0 Å². The van der Waals surface area contributed by atoms with Gasteiger partial charge in [0.25, 0.3) is 0 Å². The van der Waals surface area contributed by atoms with Crippen molar-refractivity contribution < 1.29 is 9.53 Å². The zero-order valence-corrected chi connectivity index (χ0v) is 17.4. The SMILES string of the molecule is CCOC(=O)C1CCN(C(=NC)NCC(c2ccc(C)cc2)N(C)C)CC1. The summed E-state index contributed by atoms with van der Waals surface area (Å²) in [4.78, 5) is 20.8. The molecule has 1 fully saturated rings. The molecule has 1 aliphatic rings. The summed E-state index contributed by atoms with van der Waals surface area (Å²) in [5, 5.41) is 3.52. The Morgan fingerprint density at radius 1 is 1.30 bits per heavy atom. The highest BCUT2D eigenvalue weighted by Crippen LogP contribution is 2.20. The number of benzene rings is 1. The lowest BCUT2D eigenvalue weighted by Crippen LogP contribution is -2.48. The van der Waals surface area contributed by atoms with E-state index in [0.717, 1.165) is 38.4 Å². The van der Waals surface area contributed by atoms with E-state index in [1.165, 1.54) is 11.1 Å². The first-order valence-electron chi connectivity index (χ1n) is 9.81. The molecule has 6 nitrogen and oxygen atoms in total. The van der Waals surface area contributed by atoms with E-state index in [1.807, 2.05) is 14.0 Å². The van der Waals surface area contributed by atoms with E-state index in [-0.39, 0.29) is 17.9 Å². The van der Waals surface area contributed by atoms with Gasteiger partial charge in [0.1, 0.15) is 0 Å². The van der Waals surface area contributed by atoms with E-state index < -0.39 is 0 Å². The van der Waals surface area contributed by atoms with E-state index in [4.69, 9.17) is 4.74 Å². The maximum Gasteiger partial charge on any atom is 0.309 e. The van der Waals surface area contributed by atoms with E-state index in [9.17, 15) is 4.79 Å². The molecule has 27 heavy (non-hydrogen) atoms. The third-order valence-electron chi connectivity index (χ3n) is 5.17. The molecule has 0 bridgehead atoms. The lowest BCUT2D eigenvalue weighted by molar-refractivity contribution is -0.149. The maximum absolute atomic E-state index is 11.9. The second-order valence-corrected chi connectivity index (χ2v) is 7.33. The van der Waals surface area contributed by atoms with Crippen LogP contribution in [-0.4, -0.2) is 69.1 Å². The van der Waals surface area contributed by atoms with Gasteiger partial charge in [-0.05, 0) is 46.3 Å². The highest BCUT2D eigenvalue weighted by molar-refractivity contribution is 5.80. The van der Waals surface area contributed by atoms with Crippen molar-refractivity contribution in [2.45, 2.75) is 32.7 Å². The number of hydrogen-bond acceptors (Lipinski definition) is 4. The number of aryl methyl sites for hydroxylation is 1. The first-order valence-corrected chi connectivity index (χ1v) is 9.81. The number of likely N-dealkylation sites (tertiary alicyclic amines) is 1. The summed E-state index contributed by atoms with van der Waals surface area (Å²) in [5.74, 6) is 0.852. The molecule has 1 aliphatic heterocycles. The molecule has 0 saturated carbocycles. The van der Waals surface area contributed by atoms with E-state index in [1.54, 1.807) is 0 Å². The zero-order valence-electron chi connectivity index (χ0n) is 17.4. The zero-order chi connectivity index (χ0) is 19.8. The number of aliphatic imine (C=N–C) groups is 1. The van der Waals surface area contributed by atoms with Crippen LogP contribution in [0.15, 0.2) is 29.3 Å². The summed E-state index contributed by atoms with van der Waals surface area (Å²) in [5.41, 5.74) is 2.55. The number of esters is 1. The predicted octanol–water partition coefficient (Wildman–Crippen LogP) is 2.45. The van der Waals surface area contributed by atoms with E-state index >= 15 is 0 Å². The Morgan fingerprint density at radius 2 is 1.93 bits per heavy atom. The lowest BCUT2D eigenvalue weighted by Gasteiger charge is -2.34. The molecule has 1 aromatic rings. The van der Waals surface area contributed by atoms with Crippen molar-refractivity contribution in [3.63, 3.8) is 0 Å². The molecule has 1 saturated heterocycles. The van der Waals surface area contributed by atoms with Gasteiger partial charge in [-0.1, -0.05) is 29.8 Å². The van der Waals surface area contributed by atoms with Gasteiger partial charge in [0.15, 0.2) is 5.96 Å². The van der Waals surface area contributed by atoms with Crippen LogP contribution >= 0.6 is 0 Å². The van der Waals surface area contributed by atoms with Crippen molar-refractivity contribution in [1.82, 2.24) is 15.1 Å². The summed E-state index contributed by atoms with van der Waals surface area (Å²) in [6.45, 7) is 6.83. The number of carbonyl (C=O) groups is 1. The smallest absolute Gasteiger partial charge is 0.309 e. The Balaban J connectivity index is 1.92. The van der Waals surface area contributed by atoms with Crippen molar-refractivity contribution in [1.29, 1.82) is 0 Å². The number of rotatable bonds is 6. The van der Waals surface area contributed by atoms with Gasteiger partial charge in [-0.2, -0.15) is 0 Å². The Kier molecular flexibility index (Phi) is 8.10. The highest BCUT2D eigenvalue weighted by atomic mass is 16.5. The number of carbonyl (C=O) groups excluding carboxylic acids is 1. The van der Waals surface area contributed by atoms with Crippen LogP contribution in [0.4, 0.5) is 0 Å². The van der Waals surface area contributed by atoms with Crippen molar-refractivity contribution in [3.8, 4) is 0 Å². The Labute approximate surface area is 163 Å². The minimum atomic E-state index is -0.0628. The molecule has 0 amide bonds. The van der Waals surface area contributed by atoms with Crippen LogP contribution in [-0.2, 0) is 9.53 Å². The van der Waals surface area contributed by atoms with Crippen molar-refractivity contribution in [3.05, 3.63) is 35.4 Å². The monoisotopic (exact) mass is 374 g/mol. The van der Waals surface area contributed by atoms with Gasteiger partial charge >= 0.3 is 5.97 Å². The van der Waals surface area contributed by atoms with Crippen LogP contribution in [0.3, 0.4) is 0 Å². The fraction of sp³-hybridized carbons (Fsp3) is 0.619. The van der Waals surface area contributed by atoms with E-state index in [2.05, 4.69) is 65.4 Å². The quantitative estimate of drug-likeness (QED) is 0.471. The molecule has 1 N–H and O–H groups in total. The summed E-state index contributed by atoms with van der Waals surface area (Å²) in [7, 11) is 6.01. The van der Waals surface area contributed by atoms with Gasteiger partial charge in [0.05, 0.1) is 18.6 Å². The van der Waals surface area contributed by atoms with Gasteiger partial charge < -0.3 is 19.9 Å². The number of nitrogens with one attached hydrogen (secondary N) is 1. The molecule has 1 atom stereocenters. The normalized spacial score (nSPS) is 17.1. The number of likely N-dealkylation sites (N-methyl/N-ethyl adjacent to an activating group) is 1. The molecule has 0 aromatic heterocycles. The van der Waals surface area contributed by atoms with E-state index in [0.29, 0.717) is 6.61 Å². The maximum atomic E-state index is 11.9. The third-order valence-corrected chi connectivity index (χ3v) is 5.17. The number of piperidine rings is 1. The van der Waals surface area contributed by atoms with Gasteiger partial charge in [-0.3, -0.25) is 9.79 Å². The van der Waals surface area contributed by atoms with Crippen LogP contribution in [0, 0.1) is 12.8 Å². The molecular weight excluding hydrogens is 340 g/mol. The number of nitrogens with zero attached hydrogens (tertiary/aromatic N) is 3. The molecule has 150 valence electrons. The van der Waals surface area contributed by atoms with Gasteiger partial charge in [-0.15, -0.1) is 0 Å². The van der Waals surface area contributed by atoms with Crippen molar-refractivity contribution in [2.24, 2.45) is 10.9 Å². The lowest BCUT2D eigenvalue weighted by atomic mass is 9.97. The van der Waals surface area contributed by atoms with Crippen LogP contribution in [0.5, 0.6) is 0 Å².